The quantitative estimate of drug-likeness (QED) is 0.618. The minimum atomic E-state index is -3.52. The van der Waals surface area contributed by atoms with E-state index >= 15 is 0 Å². The van der Waals surface area contributed by atoms with Crippen LogP contribution in [0.25, 0.3) is 10.7 Å². The number of aromatic nitrogens is 3. The molecule has 2 aliphatic rings. The summed E-state index contributed by atoms with van der Waals surface area (Å²) in [5.74, 6) is 0.555. The van der Waals surface area contributed by atoms with E-state index in [4.69, 9.17) is 12.2 Å². The van der Waals surface area contributed by atoms with E-state index in [1.54, 1.807) is 20.8 Å². The van der Waals surface area contributed by atoms with Crippen molar-refractivity contribution >= 4 is 39.7 Å². The molecular weight excluding hydrogens is 468 g/mol. The summed E-state index contributed by atoms with van der Waals surface area (Å²) in [5, 5.41) is 9.05. The molecule has 2 aromatic rings. The number of thiophene rings is 1. The number of amides is 1. The van der Waals surface area contributed by atoms with Crippen LogP contribution >= 0.6 is 23.6 Å². The maximum atomic E-state index is 13.3. The highest BCUT2D eigenvalue weighted by Gasteiger charge is 2.36. The monoisotopic (exact) mass is 498 g/mol. The first-order valence-electron chi connectivity index (χ1n) is 11.0. The Morgan fingerprint density at radius 3 is 2.56 bits per heavy atom. The van der Waals surface area contributed by atoms with Crippen molar-refractivity contribution in [3.63, 3.8) is 0 Å². The maximum absolute atomic E-state index is 13.3. The van der Waals surface area contributed by atoms with Gasteiger partial charge >= 0.3 is 0 Å². The summed E-state index contributed by atoms with van der Waals surface area (Å²) in [7, 11) is -1.83. The fraction of sp³-hybridized carbons (Fsp3) is 0.650. The topological polar surface area (TPSA) is 94.5 Å². The van der Waals surface area contributed by atoms with Crippen molar-refractivity contribution < 1.29 is 13.2 Å². The molecule has 0 spiro atoms. The van der Waals surface area contributed by atoms with Gasteiger partial charge in [0, 0.05) is 39.3 Å². The molecule has 0 aromatic carbocycles. The van der Waals surface area contributed by atoms with Crippen molar-refractivity contribution in [3.05, 3.63) is 22.3 Å². The molecule has 1 aliphatic carbocycles. The highest BCUT2D eigenvalue weighted by Crippen LogP contribution is 2.28. The molecule has 4 rings (SSSR count). The summed E-state index contributed by atoms with van der Waals surface area (Å²) in [6.45, 7) is 3.13. The van der Waals surface area contributed by atoms with Gasteiger partial charge in [-0.3, -0.25) is 14.5 Å². The first kappa shape index (κ1) is 23.6. The molecule has 1 saturated carbocycles. The van der Waals surface area contributed by atoms with Gasteiger partial charge in [-0.2, -0.15) is 22.1 Å². The Balaban J connectivity index is 1.42. The number of rotatable bonds is 6. The average molecular weight is 499 g/mol. The van der Waals surface area contributed by atoms with Gasteiger partial charge < -0.3 is 4.90 Å². The third-order valence-electron chi connectivity index (χ3n) is 6.52. The Morgan fingerprint density at radius 1 is 1.25 bits per heavy atom. The van der Waals surface area contributed by atoms with Gasteiger partial charge in [-0.1, -0.05) is 25.3 Å². The van der Waals surface area contributed by atoms with Crippen LogP contribution in [0.4, 0.5) is 0 Å². The fourth-order valence-electron chi connectivity index (χ4n) is 4.57. The molecule has 1 amide bonds. The van der Waals surface area contributed by atoms with E-state index in [9.17, 15) is 13.2 Å². The Morgan fingerprint density at radius 2 is 1.94 bits per heavy atom. The van der Waals surface area contributed by atoms with Crippen LogP contribution in [0.5, 0.6) is 0 Å². The molecule has 9 nitrogen and oxygen atoms in total. The minimum Gasteiger partial charge on any atom is -0.338 e. The molecule has 32 heavy (non-hydrogen) atoms. The normalized spacial score (nSPS) is 20.0. The van der Waals surface area contributed by atoms with E-state index in [0.29, 0.717) is 36.8 Å². The molecule has 2 aromatic heterocycles. The Kier molecular flexibility index (Phi) is 7.15. The number of hydrogen-bond donors (Lipinski definition) is 1. The lowest BCUT2D eigenvalue weighted by Gasteiger charge is -2.39. The van der Waals surface area contributed by atoms with Crippen molar-refractivity contribution in [3.8, 4) is 10.7 Å². The van der Waals surface area contributed by atoms with Crippen molar-refractivity contribution in [2.24, 2.45) is 0 Å². The van der Waals surface area contributed by atoms with Crippen LogP contribution in [0.2, 0.25) is 0 Å². The number of carbonyl (C=O) groups excluding carboxylic acids is 1. The van der Waals surface area contributed by atoms with Gasteiger partial charge in [0.2, 0.25) is 5.91 Å². The van der Waals surface area contributed by atoms with Crippen LogP contribution in [0.3, 0.4) is 0 Å². The van der Waals surface area contributed by atoms with E-state index in [0.717, 1.165) is 30.6 Å². The predicted octanol–water partition coefficient (Wildman–Crippen LogP) is 2.88. The van der Waals surface area contributed by atoms with Crippen LogP contribution in [0, 0.1) is 4.77 Å². The van der Waals surface area contributed by atoms with E-state index in [2.05, 4.69) is 10.2 Å². The Bertz CT molecular complexity index is 1080. The molecule has 176 valence electrons. The number of H-pyrrole nitrogens is 1. The highest BCUT2D eigenvalue weighted by molar-refractivity contribution is 7.86. The molecule has 1 atom stereocenters. The van der Waals surface area contributed by atoms with E-state index in [1.165, 1.54) is 22.1 Å². The van der Waals surface area contributed by atoms with Crippen molar-refractivity contribution in [2.75, 3.05) is 33.2 Å². The van der Waals surface area contributed by atoms with Gasteiger partial charge in [0.05, 0.1) is 4.88 Å². The summed E-state index contributed by atoms with van der Waals surface area (Å²) < 4.78 is 31.4. The smallest absolute Gasteiger partial charge is 0.282 e. The molecule has 1 aliphatic heterocycles. The lowest BCUT2D eigenvalue weighted by Crippen LogP contribution is -2.55. The van der Waals surface area contributed by atoms with Crippen molar-refractivity contribution in [1.82, 2.24) is 28.3 Å². The third kappa shape index (κ3) is 4.56. The second-order valence-corrected chi connectivity index (χ2v) is 11.7. The van der Waals surface area contributed by atoms with Crippen LogP contribution in [-0.4, -0.2) is 81.9 Å². The van der Waals surface area contributed by atoms with E-state index in [1.807, 2.05) is 24.4 Å². The second kappa shape index (κ2) is 9.72. The summed E-state index contributed by atoms with van der Waals surface area (Å²) in [4.78, 5) is 15.9. The van der Waals surface area contributed by atoms with Crippen LogP contribution in [0.15, 0.2) is 17.5 Å². The van der Waals surface area contributed by atoms with Crippen LogP contribution < -0.4 is 0 Å². The van der Waals surface area contributed by atoms with Crippen LogP contribution in [0.1, 0.15) is 45.1 Å². The summed E-state index contributed by atoms with van der Waals surface area (Å²) in [6, 6.07) is 3.41. The van der Waals surface area contributed by atoms with Gasteiger partial charge in [-0.15, -0.1) is 11.3 Å². The highest BCUT2D eigenvalue weighted by atomic mass is 32.2. The number of piperazine rings is 1. The number of hydrogen-bond acceptors (Lipinski definition) is 6. The Hall–Kier alpha value is -1.60. The van der Waals surface area contributed by atoms with Crippen LogP contribution in [-0.2, 0) is 15.0 Å². The first-order valence-corrected chi connectivity index (χ1v) is 13.7. The zero-order valence-corrected chi connectivity index (χ0v) is 20.9. The average Bonchev–Trinajstić information content (AvgIpc) is 3.48. The SMILES string of the molecule is CC(C(=O)N1CCN(S(=O)(=O)N(C)C2CCCCC2)CC1)n1c(-c2cccs2)n[nH]c1=S. The number of nitrogens with zero attached hydrogens (tertiary/aromatic N) is 5. The number of aromatic amines is 1. The van der Waals surface area contributed by atoms with Gasteiger partial charge in [0.15, 0.2) is 10.6 Å². The first-order chi connectivity index (χ1) is 15.3. The molecule has 12 heteroatoms. The summed E-state index contributed by atoms with van der Waals surface area (Å²) in [6.07, 6.45) is 5.18. The molecule has 2 fully saturated rings. The van der Waals surface area contributed by atoms with Gasteiger partial charge in [0.25, 0.3) is 10.2 Å². The molecule has 0 radical (unpaired) electrons. The molecule has 1 N–H and O–H groups in total. The molecule has 1 saturated heterocycles. The van der Waals surface area contributed by atoms with Crippen molar-refractivity contribution in [1.29, 1.82) is 0 Å². The Labute approximate surface area is 198 Å². The molecule has 3 heterocycles. The summed E-state index contributed by atoms with van der Waals surface area (Å²) >= 11 is 6.92. The lowest BCUT2D eigenvalue weighted by atomic mass is 9.96. The standard InChI is InChI=1S/C20H30N6O3S3/c1-15(26-18(21-22-20(26)30)17-9-6-14-31-17)19(27)24-10-12-25(13-11-24)32(28,29)23(2)16-7-4-3-5-8-16/h6,9,14-16H,3-5,7-8,10-13H2,1-2H3,(H,22,30). The minimum absolute atomic E-state index is 0.0760. The maximum Gasteiger partial charge on any atom is 0.282 e. The summed E-state index contributed by atoms with van der Waals surface area (Å²) in [5.41, 5.74) is 0. The molecular formula is C20H30N6O3S3. The van der Waals surface area contributed by atoms with E-state index in [-0.39, 0.29) is 11.9 Å². The van der Waals surface area contributed by atoms with Gasteiger partial charge in [0.1, 0.15) is 6.04 Å². The zero-order chi connectivity index (χ0) is 22.9. The van der Waals surface area contributed by atoms with Gasteiger partial charge in [-0.05, 0) is 43.4 Å². The third-order valence-corrected chi connectivity index (χ3v) is 9.72. The number of nitrogens with one attached hydrogen (secondary N) is 1. The fourth-order valence-corrected chi connectivity index (χ4v) is 7.15. The lowest BCUT2D eigenvalue weighted by molar-refractivity contribution is -0.135. The second-order valence-electron chi connectivity index (χ2n) is 8.42. The van der Waals surface area contributed by atoms with Crippen molar-refractivity contribution in [2.45, 2.75) is 51.1 Å². The predicted molar refractivity (Wildman–Crippen MR) is 127 cm³/mol. The number of carbonyl (C=O) groups is 1. The largest absolute Gasteiger partial charge is 0.338 e. The zero-order valence-electron chi connectivity index (χ0n) is 18.4. The molecule has 1 unspecified atom stereocenters. The molecule has 0 bridgehead atoms. The van der Waals surface area contributed by atoms with Gasteiger partial charge in [-0.25, -0.2) is 0 Å². The van der Waals surface area contributed by atoms with E-state index < -0.39 is 16.3 Å².